The van der Waals surface area contributed by atoms with Gasteiger partial charge in [0.05, 0.1) is 11.4 Å². The number of carbonyl (C=O) groups excluding carboxylic acids is 1. The molecule has 0 aliphatic heterocycles. The number of nitrogens with zero attached hydrogens (tertiary/aromatic N) is 5. The summed E-state index contributed by atoms with van der Waals surface area (Å²) in [6, 6.07) is 13.4. The van der Waals surface area contributed by atoms with Crippen LogP contribution in [0.1, 0.15) is 11.1 Å². The lowest BCUT2D eigenvalue weighted by molar-refractivity contribution is -0.113. The molecule has 0 saturated heterocycles. The van der Waals surface area contributed by atoms with Crippen molar-refractivity contribution in [3.63, 3.8) is 0 Å². The summed E-state index contributed by atoms with van der Waals surface area (Å²) in [6.45, 7) is 4.02. The van der Waals surface area contributed by atoms with Crippen LogP contribution in [0.15, 0.2) is 60.0 Å². The van der Waals surface area contributed by atoms with Gasteiger partial charge in [-0.15, -0.1) is 10.2 Å². The molecule has 3 heterocycles. The Morgan fingerprint density at radius 1 is 1.07 bits per heavy atom. The Morgan fingerprint density at radius 3 is 2.71 bits per heavy atom. The van der Waals surface area contributed by atoms with Gasteiger partial charge in [0, 0.05) is 23.6 Å². The topological polar surface area (TPSA) is 85.1 Å². The van der Waals surface area contributed by atoms with E-state index in [4.69, 9.17) is 0 Å². The Hall–Kier alpha value is -3.26. The molecule has 0 bridgehead atoms. The molecule has 0 aliphatic rings. The molecule has 140 valence electrons. The normalized spacial score (nSPS) is 10.9. The lowest BCUT2D eigenvalue weighted by Crippen LogP contribution is -2.15. The highest BCUT2D eigenvalue weighted by atomic mass is 32.2. The number of carbonyl (C=O) groups is 1. The third-order valence-electron chi connectivity index (χ3n) is 4.42. The minimum atomic E-state index is -0.0965. The van der Waals surface area contributed by atoms with Crippen molar-refractivity contribution in [1.82, 2.24) is 24.8 Å². The number of thioether (sulfide) groups is 1. The predicted octanol–water partition coefficient (Wildman–Crippen LogP) is 3.53. The number of anilines is 1. The number of benzene rings is 1. The summed E-state index contributed by atoms with van der Waals surface area (Å²) in [7, 11) is 0. The molecule has 1 aromatic carbocycles. The van der Waals surface area contributed by atoms with Crippen LogP contribution >= 0.6 is 11.8 Å². The van der Waals surface area contributed by atoms with Gasteiger partial charge >= 0.3 is 0 Å². The summed E-state index contributed by atoms with van der Waals surface area (Å²) < 4.78 is 1.66. The Bertz CT molecular complexity index is 1140. The number of hydrogen-bond donors (Lipinski definition) is 1. The lowest BCUT2D eigenvalue weighted by atomic mass is 10.1. The van der Waals surface area contributed by atoms with Gasteiger partial charge in [-0.3, -0.25) is 9.78 Å². The summed E-state index contributed by atoms with van der Waals surface area (Å²) in [6.07, 6.45) is 3.45. The molecular weight excluding hydrogens is 372 g/mol. The fourth-order valence-electron chi connectivity index (χ4n) is 2.74. The third-order valence-corrected chi connectivity index (χ3v) is 5.34. The zero-order valence-electron chi connectivity index (χ0n) is 15.5. The first-order valence-electron chi connectivity index (χ1n) is 8.73. The zero-order valence-corrected chi connectivity index (χ0v) is 16.3. The molecule has 0 spiro atoms. The second-order valence-corrected chi connectivity index (χ2v) is 7.23. The monoisotopic (exact) mass is 390 g/mol. The Balaban J connectivity index is 1.50. The van der Waals surface area contributed by atoms with Gasteiger partial charge in [-0.05, 0) is 55.3 Å². The highest BCUT2D eigenvalue weighted by molar-refractivity contribution is 7.99. The molecule has 28 heavy (non-hydrogen) atoms. The second kappa shape index (κ2) is 7.77. The van der Waals surface area contributed by atoms with E-state index in [1.807, 2.05) is 56.3 Å². The number of amides is 1. The minimum absolute atomic E-state index is 0.0965. The van der Waals surface area contributed by atoms with Gasteiger partial charge in [-0.2, -0.15) is 9.61 Å². The highest BCUT2D eigenvalue weighted by Gasteiger charge is 2.12. The van der Waals surface area contributed by atoms with E-state index in [1.54, 1.807) is 16.9 Å². The molecule has 1 amide bonds. The van der Waals surface area contributed by atoms with Crippen molar-refractivity contribution in [2.24, 2.45) is 0 Å². The summed E-state index contributed by atoms with van der Waals surface area (Å²) in [5.74, 6) is 0.121. The summed E-state index contributed by atoms with van der Waals surface area (Å²) in [5.41, 5.74) is 5.41. The van der Waals surface area contributed by atoms with E-state index >= 15 is 0 Å². The number of hydrogen-bond acceptors (Lipinski definition) is 6. The quantitative estimate of drug-likeness (QED) is 0.525. The van der Waals surface area contributed by atoms with Crippen LogP contribution in [-0.4, -0.2) is 36.5 Å². The molecule has 0 fully saturated rings. The van der Waals surface area contributed by atoms with Crippen molar-refractivity contribution in [2.75, 3.05) is 11.1 Å². The lowest BCUT2D eigenvalue weighted by Gasteiger charge is -2.09. The Morgan fingerprint density at radius 2 is 1.89 bits per heavy atom. The third kappa shape index (κ3) is 3.72. The van der Waals surface area contributed by atoms with Crippen molar-refractivity contribution < 1.29 is 4.79 Å². The minimum Gasteiger partial charge on any atom is -0.325 e. The van der Waals surface area contributed by atoms with E-state index < -0.39 is 0 Å². The van der Waals surface area contributed by atoms with E-state index in [0.717, 1.165) is 28.1 Å². The molecule has 7 nitrogen and oxygen atoms in total. The molecule has 4 rings (SSSR count). The number of pyridine rings is 1. The number of aromatic nitrogens is 5. The zero-order chi connectivity index (χ0) is 19.5. The van der Waals surface area contributed by atoms with Crippen LogP contribution < -0.4 is 5.32 Å². The van der Waals surface area contributed by atoms with Crippen LogP contribution in [0.3, 0.4) is 0 Å². The van der Waals surface area contributed by atoms with Gasteiger partial charge < -0.3 is 5.32 Å². The highest BCUT2D eigenvalue weighted by Crippen LogP contribution is 2.22. The maximum absolute atomic E-state index is 12.4. The molecule has 0 aliphatic carbocycles. The van der Waals surface area contributed by atoms with Gasteiger partial charge in [0.25, 0.3) is 0 Å². The van der Waals surface area contributed by atoms with Crippen molar-refractivity contribution in [1.29, 1.82) is 0 Å². The molecule has 1 N–H and O–H groups in total. The Labute approximate surface area is 166 Å². The van der Waals surface area contributed by atoms with E-state index in [-0.39, 0.29) is 11.7 Å². The number of rotatable bonds is 5. The van der Waals surface area contributed by atoms with Crippen molar-refractivity contribution in [2.45, 2.75) is 19.0 Å². The average Bonchev–Trinajstić information content (AvgIpc) is 3.13. The predicted molar refractivity (Wildman–Crippen MR) is 109 cm³/mol. The maximum atomic E-state index is 12.4. The van der Waals surface area contributed by atoms with Crippen molar-refractivity contribution >= 4 is 29.0 Å². The Kier molecular flexibility index (Phi) is 5.03. The number of nitrogens with one attached hydrogen (secondary N) is 1. The summed E-state index contributed by atoms with van der Waals surface area (Å²) >= 11 is 1.30. The van der Waals surface area contributed by atoms with E-state index in [1.165, 1.54) is 11.8 Å². The molecule has 0 unspecified atom stereocenters. The summed E-state index contributed by atoms with van der Waals surface area (Å²) in [5, 5.41) is 16.4. The van der Waals surface area contributed by atoms with E-state index in [0.29, 0.717) is 10.8 Å². The smallest absolute Gasteiger partial charge is 0.234 e. The fourth-order valence-corrected chi connectivity index (χ4v) is 3.43. The van der Waals surface area contributed by atoms with E-state index in [2.05, 4.69) is 25.6 Å². The molecule has 3 aromatic heterocycles. The van der Waals surface area contributed by atoms with Crippen LogP contribution in [0.4, 0.5) is 5.69 Å². The first kappa shape index (κ1) is 18.1. The van der Waals surface area contributed by atoms with Crippen LogP contribution in [0.2, 0.25) is 0 Å². The first-order valence-corrected chi connectivity index (χ1v) is 9.72. The first-order chi connectivity index (χ1) is 13.6. The van der Waals surface area contributed by atoms with Gasteiger partial charge in [-0.1, -0.05) is 23.9 Å². The van der Waals surface area contributed by atoms with Crippen LogP contribution in [0.5, 0.6) is 0 Å². The molecule has 0 saturated carbocycles. The number of fused-ring (bicyclic) bond motifs is 1. The van der Waals surface area contributed by atoms with Crippen LogP contribution in [0.25, 0.3) is 16.9 Å². The molecule has 0 radical (unpaired) electrons. The van der Waals surface area contributed by atoms with Gasteiger partial charge in [-0.25, -0.2) is 0 Å². The van der Waals surface area contributed by atoms with Crippen molar-refractivity contribution in [3.05, 3.63) is 66.0 Å². The maximum Gasteiger partial charge on any atom is 0.234 e. The van der Waals surface area contributed by atoms with Crippen LogP contribution in [0, 0.1) is 13.8 Å². The van der Waals surface area contributed by atoms with Gasteiger partial charge in [0.1, 0.15) is 0 Å². The molecule has 4 aromatic rings. The summed E-state index contributed by atoms with van der Waals surface area (Å²) in [4.78, 5) is 16.4. The largest absolute Gasteiger partial charge is 0.325 e. The average molecular weight is 390 g/mol. The van der Waals surface area contributed by atoms with Crippen molar-refractivity contribution in [3.8, 4) is 11.3 Å². The van der Waals surface area contributed by atoms with Gasteiger partial charge in [0.2, 0.25) is 11.1 Å². The molecular formula is C20H18N6OS. The SMILES string of the molecule is Cc1cccc(NC(=O)CSc2nnc3ccc(-c4ccncc4)nn23)c1C. The van der Waals surface area contributed by atoms with Gasteiger partial charge in [0.15, 0.2) is 5.65 Å². The molecule has 0 atom stereocenters. The fraction of sp³-hybridized carbons (Fsp3) is 0.150. The van der Waals surface area contributed by atoms with E-state index in [9.17, 15) is 4.79 Å². The second-order valence-electron chi connectivity index (χ2n) is 6.29. The standard InChI is InChI=1S/C20H18N6OS/c1-13-4-3-5-16(14(13)2)22-19(27)12-28-20-24-23-18-7-6-17(25-26(18)20)15-8-10-21-11-9-15/h3-11H,12H2,1-2H3,(H,22,27). The van der Waals surface area contributed by atoms with Crippen LogP contribution in [-0.2, 0) is 4.79 Å². The number of aryl methyl sites for hydroxylation is 1. The molecule has 8 heteroatoms.